The molecule has 0 amide bonds. The van der Waals surface area contributed by atoms with Crippen molar-refractivity contribution in [1.29, 1.82) is 0 Å². The first kappa shape index (κ1) is 17.0. The van der Waals surface area contributed by atoms with Crippen molar-refractivity contribution in [2.24, 2.45) is 5.73 Å². The van der Waals surface area contributed by atoms with Crippen LogP contribution in [0.3, 0.4) is 0 Å². The lowest BCUT2D eigenvalue weighted by Crippen LogP contribution is -2.26. The standard InChI is InChI=1S/C17H18BrN5S/c1-3-14-16(18)11(2)15(24-14)10-23(8-4-6-19)17-21-12-5-7-20-9-13(12)22-17/h1,5,7,9H,4,6,8,10,19H2,2H3,(H,21,22). The Balaban J connectivity index is 1.93. The molecule has 0 unspecified atom stereocenters. The van der Waals surface area contributed by atoms with Crippen LogP contribution in [0.25, 0.3) is 11.0 Å². The van der Waals surface area contributed by atoms with Gasteiger partial charge in [-0.2, -0.15) is 0 Å². The Labute approximate surface area is 153 Å². The molecule has 0 aliphatic rings. The van der Waals surface area contributed by atoms with E-state index in [4.69, 9.17) is 12.2 Å². The van der Waals surface area contributed by atoms with Gasteiger partial charge in [-0.1, -0.05) is 5.92 Å². The Bertz CT molecular complexity index is 859. The topological polar surface area (TPSA) is 70.8 Å². The molecule has 0 saturated carbocycles. The number of aromatic nitrogens is 3. The van der Waals surface area contributed by atoms with Gasteiger partial charge in [0.05, 0.1) is 28.7 Å². The lowest BCUT2D eigenvalue weighted by Gasteiger charge is -2.21. The fraction of sp³-hybridized carbons (Fsp3) is 0.294. The highest BCUT2D eigenvalue weighted by Gasteiger charge is 2.17. The van der Waals surface area contributed by atoms with Crippen LogP contribution >= 0.6 is 27.3 Å². The quantitative estimate of drug-likeness (QED) is 0.618. The average Bonchev–Trinajstić information content (AvgIpc) is 3.14. The highest BCUT2D eigenvalue weighted by atomic mass is 79.9. The number of nitrogens with two attached hydrogens (primary N) is 1. The summed E-state index contributed by atoms with van der Waals surface area (Å²) in [5.41, 5.74) is 8.73. The first-order chi connectivity index (χ1) is 11.6. The number of anilines is 1. The van der Waals surface area contributed by atoms with Crippen LogP contribution in [0.2, 0.25) is 0 Å². The van der Waals surface area contributed by atoms with Crippen LogP contribution in [0.15, 0.2) is 22.9 Å². The van der Waals surface area contributed by atoms with E-state index in [1.165, 1.54) is 10.4 Å². The molecule has 0 atom stereocenters. The van der Waals surface area contributed by atoms with Crippen LogP contribution in [0, 0.1) is 19.3 Å². The molecule has 124 valence electrons. The van der Waals surface area contributed by atoms with Crippen molar-refractivity contribution in [3.63, 3.8) is 0 Å². The van der Waals surface area contributed by atoms with Crippen molar-refractivity contribution in [3.8, 4) is 12.3 Å². The molecule has 3 heterocycles. The lowest BCUT2D eigenvalue weighted by atomic mass is 10.2. The normalized spacial score (nSPS) is 10.9. The largest absolute Gasteiger partial charge is 0.337 e. The van der Waals surface area contributed by atoms with Crippen molar-refractivity contribution in [3.05, 3.63) is 38.3 Å². The fourth-order valence-corrected chi connectivity index (χ4v) is 4.24. The summed E-state index contributed by atoms with van der Waals surface area (Å²) < 4.78 is 1.01. The summed E-state index contributed by atoms with van der Waals surface area (Å²) in [7, 11) is 0. The van der Waals surface area contributed by atoms with Gasteiger partial charge in [0.25, 0.3) is 0 Å². The number of hydrogen-bond donors (Lipinski definition) is 2. The van der Waals surface area contributed by atoms with Crippen LogP contribution in [0.4, 0.5) is 5.95 Å². The Hall–Kier alpha value is -1.88. The minimum Gasteiger partial charge on any atom is -0.337 e. The number of imidazole rings is 1. The predicted molar refractivity (Wildman–Crippen MR) is 103 cm³/mol. The Morgan fingerprint density at radius 2 is 2.33 bits per heavy atom. The highest BCUT2D eigenvalue weighted by molar-refractivity contribution is 9.10. The van der Waals surface area contributed by atoms with Crippen LogP contribution < -0.4 is 10.6 Å². The molecule has 7 heteroatoms. The van der Waals surface area contributed by atoms with E-state index in [1.54, 1.807) is 23.7 Å². The number of terminal acetylenes is 1. The molecule has 3 aromatic heterocycles. The minimum absolute atomic E-state index is 0.640. The van der Waals surface area contributed by atoms with Gasteiger partial charge in [0.1, 0.15) is 0 Å². The second kappa shape index (κ2) is 7.34. The number of fused-ring (bicyclic) bond motifs is 1. The van der Waals surface area contributed by atoms with Crippen LogP contribution in [-0.2, 0) is 6.54 Å². The SMILES string of the molecule is C#Cc1sc(CN(CCCN)c2nc3ccncc3[nH]2)c(C)c1Br. The molecule has 0 aliphatic carbocycles. The number of nitrogens with one attached hydrogen (secondary N) is 1. The van der Waals surface area contributed by atoms with Gasteiger partial charge in [-0.15, -0.1) is 17.8 Å². The van der Waals surface area contributed by atoms with E-state index in [-0.39, 0.29) is 0 Å². The average molecular weight is 404 g/mol. The molecule has 0 saturated heterocycles. The molecular formula is C17H18BrN5S. The summed E-state index contributed by atoms with van der Waals surface area (Å²) in [4.78, 5) is 16.5. The molecule has 0 bridgehead atoms. The molecule has 0 aliphatic heterocycles. The van der Waals surface area contributed by atoms with E-state index in [9.17, 15) is 0 Å². The second-order valence-corrected chi connectivity index (χ2v) is 7.35. The van der Waals surface area contributed by atoms with Gasteiger partial charge in [0.15, 0.2) is 0 Å². The van der Waals surface area contributed by atoms with Crippen molar-refractivity contribution in [2.75, 3.05) is 18.0 Å². The van der Waals surface area contributed by atoms with Crippen molar-refractivity contribution < 1.29 is 0 Å². The smallest absolute Gasteiger partial charge is 0.204 e. The van der Waals surface area contributed by atoms with E-state index in [2.05, 4.69) is 48.6 Å². The fourth-order valence-electron chi connectivity index (χ4n) is 2.49. The van der Waals surface area contributed by atoms with E-state index in [0.717, 1.165) is 45.8 Å². The number of pyridine rings is 1. The van der Waals surface area contributed by atoms with Crippen molar-refractivity contribution in [1.82, 2.24) is 15.0 Å². The first-order valence-electron chi connectivity index (χ1n) is 7.63. The molecular weight excluding hydrogens is 386 g/mol. The Morgan fingerprint density at radius 3 is 3.00 bits per heavy atom. The van der Waals surface area contributed by atoms with Crippen molar-refractivity contribution in [2.45, 2.75) is 19.9 Å². The van der Waals surface area contributed by atoms with Crippen LogP contribution in [0.5, 0.6) is 0 Å². The third-order valence-electron chi connectivity index (χ3n) is 3.84. The predicted octanol–water partition coefficient (Wildman–Crippen LogP) is 3.43. The number of H-pyrrole nitrogens is 1. The third kappa shape index (κ3) is 3.31. The molecule has 0 aromatic carbocycles. The first-order valence-corrected chi connectivity index (χ1v) is 9.24. The van der Waals surface area contributed by atoms with E-state index >= 15 is 0 Å². The van der Waals surface area contributed by atoms with Gasteiger partial charge in [-0.3, -0.25) is 4.98 Å². The van der Waals surface area contributed by atoms with E-state index < -0.39 is 0 Å². The zero-order valence-corrected chi connectivity index (χ0v) is 15.7. The number of halogens is 1. The Kier molecular flexibility index (Phi) is 5.19. The third-order valence-corrected chi connectivity index (χ3v) is 6.30. The van der Waals surface area contributed by atoms with E-state index in [0.29, 0.717) is 6.54 Å². The number of thiophene rings is 1. The van der Waals surface area contributed by atoms with Crippen LogP contribution in [-0.4, -0.2) is 28.0 Å². The summed E-state index contributed by atoms with van der Waals surface area (Å²) in [5, 5.41) is 0. The summed E-state index contributed by atoms with van der Waals surface area (Å²) in [6.07, 6.45) is 10.0. The maximum atomic E-state index is 5.70. The van der Waals surface area contributed by atoms with Gasteiger partial charge >= 0.3 is 0 Å². The summed E-state index contributed by atoms with van der Waals surface area (Å²) in [6, 6.07) is 1.90. The number of hydrogen-bond acceptors (Lipinski definition) is 5. The Morgan fingerprint density at radius 1 is 1.50 bits per heavy atom. The summed E-state index contributed by atoms with van der Waals surface area (Å²) in [6.45, 7) is 4.29. The lowest BCUT2D eigenvalue weighted by molar-refractivity contribution is 0.723. The summed E-state index contributed by atoms with van der Waals surface area (Å²) >= 11 is 5.23. The molecule has 24 heavy (non-hydrogen) atoms. The number of rotatable bonds is 6. The second-order valence-electron chi connectivity index (χ2n) is 5.45. The molecule has 3 aromatic rings. The van der Waals surface area contributed by atoms with Gasteiger partial charge in [0, 0.05) is 22.1 Å². The van der Waals surface area contributed by atoms with Gasteiger partial charge in [-0.25, -0.2) is 4.98 Å². The minimum atomic E-state index is 0.640. The monoisotopic (exact) mass is 403 g/mol. The molecule has 0 radical (unpaired) electrons. The maximum absolute atomic E-state index is 5.70. The number of aromatic amines is 1. The van der Waals surface area contributed by atoms with Crippen LogP contribution in [0.1, 0.15) is 21.7 Å². The van der Waals surface area contributed by atoms with Gasteiger partial charge < -0.3 is 15.6 Å². The molecule has 0 spiro atoms. The van der Waals surface area contributed by atoms with E-state index in [1.807, 2.05) is 6.07 Å². The van der Waals surface area contributed by atoms with Crippen molar-refractivity contribution >= 4 is 44.2 Å². The maximum Gasteiger partial charge on any atom is 0.204 e. The zero-order valence-electron chi connectivity index (χ0n) is 13.3. The van der Waals surface area contributed by atoms with Gasteiger partial charge in [0.2, 0.25) is 5.95 Å². The molecule has 5 nitrogen and oxygen atoms in total. The zero-order chi connectivity index (χ0) is 17.1. The molecule has 0 fully saturated rings. The highest BCUT2D eigenvalue weighted by Crippen LogP contribution is 2.33. The number of nitrogens with zero attached hydrogens (tertiary/aromatic N) is 3. The molecule has 3 N–H and O–H groups in total. The summed E-state index contributed by atoms with van der Waals surface area (Å²) in [5.74, 6) is 3.57. The van der Waals surface area contributed by atoms with Gasteiger partial charge in [-0.05, 0) is 47.4 Å². The molecule has 3 rings (SSSR count).